The minimum Gasteiger partial charge on any atom is -0.396 e. The van der Waals surface area contributed by atoms with Gasteiger partial charge in [-0.3, -0.25) is 9.89 Å². The van der Waals surface area contributed by atoms with E-state index in [-0.39, 0.29) is 17.1 Å². The van der Waals surface area contributed by atoms with Crippen molar-refractivity contribution in [2.45, 2.75) is 6.18 Å². The Balaban J connectivity index is 2.27. The highest BCUT2D eigenvalue weighted by atomic mass is 19.4. The number of amides is 1. The Labute approximate surface area is 109 Å². The zero-order valence-electron chi connectivity index (χ0n) is 9.75. The molecule has 0 aliphatic carbocycles. The Morgan fingerprint density at radius 2 is 2.05 bits per heavy atom. The first-order valence-electron chi connectivity index (χ1n) is 5.26. The van der Waals surface area contributed by atoms with Crippen molar-refractivity contribution in [3.63, 3.8) is 0 Å². The van der Waals surface area contributed by atoms with Crippen LogP contribution in [0.5, 0.6) is 0 Å². The SMILES string of the molecule is Nc1cn[nH]c1C(=O)Nc1ccc(F)c(C(F)(F)F)c1. The molecule has 1 heterocycles. The molecule has 9 heteroatoms. The number of rotatable bonds is 2. The van der Waals surface area contributed by atoms with E-state index < -0.39 is 23.5 Å². The van der Waals surface area contributed by atoms with Crippen molar-refractivity contribution in [3.8, 4) is 0 Å². The largest absolute Gasteiger partial charge is 0.419 e. The van der Waals surface area contributed by atoms with Gasteiger partial charge in [-0.15, -0.1) is 0 Å². The number of aromatic nitrogens is 2. The van der Waals surface area contributed by atoms with Crippen LogP contribution in [0.3, 0.4) is 0 Å². The molecule has 0 spiro atoms. The number of halogens is 4. The van der Waals surface area contributed by atoms with Gasteiger partial charge in [-0.25, -0.2) is 4.39 Å². The van der Waals surface area contributed by atoms with Crippen molar-refractivity contribution >= 4 is 17.3 Å². The Kier molecular flexibility index (Phi) is 3.35. The second-order valence-corrected chi connectivity index (χ2v) is 3.85. The summed E-state index contributed by atoms with van der Waals surface area (Å²) in [5, 5.41) is 7.97. The monoisotopic (exact) mass is 288 g/mol. The van der Waals surface area contributed by atoms with E-state index in [1.165, 1.54) is 6.20 Å². The van der Waals surface area contributed by atoms with Gasteiger partial charge in [0, 0.05) is 5.69 Å². The van der Waals surface area contributed by atoms with Crippen LogP contribution in [0.2, 0.25) is 0 Å². The fourth-order valence-corrected chi connectivity index (χ4v) is 1.49. The van der Waals surface area contributed by atoms with Gasteiger partial charge in [0.2, 0.25) is 0 Å². The number of carbonyl (C=O) groups excluding carboxylic acids is 1. The van der Waals surface area contributed by atoms with E-state index >= 15 is 0 Å². The number of alkyl halides is 3. The third-order valence-electron chi connectivity index (χ3n) is 2.43. The summed E-state index contributed by atoms with van der Waals surface area (Å²) in [6.45, 7) is 0. The topological polar surface area (TPSA) is 83.8 Å². The molecule has 106 valence electrons. The van der Waals surface area contributed by atoms with Crippen LogP contribution in [0.15, 0.2) is 24.4 Å². The minimum absolute atomic E-state index is 0.0423. The number of nitrogens with one attached hydrogen (secondary N) is 2. The van der Waals surface area contributed by atoms with Gasteiger partial charge in [0.25, 0.3) is 5.91 Å². The lowest BCUT2D eigenvalue weighted by Gasteiger charge is -2.10. The van der Waals surface area contributed by atoms with Crippen LogP contribution in [0.4, 0.5) is 28.9 Å². The van der Waals surface area contributed by atoms with Crippen LogP contribution < -0.4 is 11.1 Å². The van der Waals surface area contributed by atoms with Gasteiger partial charge in [0.15, 0.2) is 0 Å². The maximum absolute atomic E-state index is 13.1. The predicted molar refractivity (Wildman–Crippen MR) is 62.4 cm³/mol. The molecule has 0 aliphatic heterocycles. The van der Waals surface area contributed by atoms with Gasteiger partial charge >= 0.3 is 6.18 Å². The van der Waals surface area contributed by atoms with Gasteiger partial charge in [-0.1, -0.05) is 0 Å². The van der Waals surface area contributed by atoms with E-state index in [0.29, 0.717) is 12.1 Å². The van der Waals surface area contributed by atoms with Crippen LogP contribution in [0, 0.1) is 5.82 Å². The summed E-state index contributed by atoms with van der Waals surface area (Å²) in [7, 11) is 0. The molecular formula is C11H8F4N4O. The molecule has 0 saturated heterocycles. The summed E-state index contributed by atoms with van der Waals surface area (Å²) in [6.07, 6.45) is -3.67. The van der Waals surface area contributed by atoms with Crippen LogP contribution in [0.25, 0.3) is 0 Å². The molecule has 1 aromatic heterocycles. The minimum atomic E-state index is -4.85. The molecule has 1 aromatic carbocycles. The highest BCUT2D eigenvalue weighted by Gasteiger charge is 2.34. The number of nitrogens with two attached hydrogens (primary N) is 1. The van der Waals surface area contributed by atoms with Gasteiger partial charge in [0.05, 0.1) is 17.4 Å². The van der Waals surface area contributed by atoms with Gasteiger partial charge in [-0.05, 0) is 18.2 Å². The molecule has 0 aliphatic rings. The first-order valence-corrected chi connectivity index (χ1v) is 5.26. The fraction of sp³-hybridized carbons (Fsp3) is 0.0909. The van der Waals surface area contributed by atoms with E-state index in [9.17, 15) is 22.4 Å². The molecule has 20 heavy (non-hydrogen) atoms. The lowest BCUT2D eigenvalue weighted by molar-refractivity contribution is -0.139. The van der Waals surface area contributed by atoms with E-state index in [1.54, 1.807) is 0 Å². The summed E-state index contributed by atoms with van der Waals surface area (Å²) < 4.78 is 50.6. The molecule has 0 radical (unpaired) electrons. The van der Waals surface area contributed by atoms with Crippen LogP contribution in [-0.2, 0) is 6.18 Å². The maximum Gasteiger partial charge on any atom is 0.419 e. The number of aromatic amines is 1. The Hall–Kier alpha value is -2.58. The van der Waals surface area contributed by atoms with Crippen molar-refractivity contribution in [2.75, 3.05) is 11.1 Å². The van der Waals surface area contributed by atoms with Crippen molar-refractivity contribution < 1.29 is 22.4 Å². The number of nitrogens with zero attached hydrogens (tertiary/aromatic N) is 1. The highest BCUT2D eigenvalue weighted by Crippen LogP contribution is 2.33. The standard InChI is InChI=1S/C11H8F4N4O/c12-7-2-1-5(3-6(7)11(13,14)15)18-10(20)9-8(16)4-17-19-9/h1-4H,16H2,(H,17,19)(H,18,20). The zero-order chi connectivity index (χ0) is 14.9. The molecule has 0 saturated carbocycles. The average molecular weight is 288 g/mol. The summed E-state index contributed by atoms with van der Waals surface area (Å²) in [5.74, 6) is -2.20. The molecule has 4 N–H and O–H groups in total. The Morgan fingerprint density at radius 3 is 2.60 bits per heavy atom. The lowest BCUT2D eigenvalue weighted by atomic mass is 10.1. The van der Waals surface area contributed by atoms with Crippen LogP contribution >= 0.6 is 0 Å². The number of hydrogen-bond acceptors (Lipinski definition) is 3. The summed E-state index contributed by atoms with van der Waals surface area (Å²) >= 11 is 0. The molecular weight excluding hydrogens is 280 g/mol. The predicted octanol–water partition coefficient (Wildman–Crippen LogP) is 2.40. The van der Waals surface area contributed by atoms with Crippen molar-refractivity contribution in [2.24, 2.45) is 0 Å². The lowest BCUT2D eigenvalue weighted by Crippen LogP contribution is -2.15. The quantitative estimate of drug-likeness (QED) is 0.742. The van der Waals surface area contributed by atoms with Crippen molar-refractivity contribution in [3.05, 3.63) is 41.5 Å². The smallest absolute Gasteiger partial charge is 0.396 e. The first kappa shape index (κ1) is 13.8. The third-order valence-corrected chi connectivity index (χ3v) is 2.43. The summed E-state index contributed by atoms with van der Waals surface area (Å²) in [5.41, 5.74) is 3.70. The molecule has 0 atom stereocenters. The van der Waals surface area contributed by atoms with E-state index in [1.807, 2.05) is 0 Å². The Morgan fingerprint density at radius 1 is 1.35 bits per heavy atom. The molecule has 2 rings (SSSR count). The molecule has 5 nitrogen and oxygen atoms in total. The molecule has 0 unspecified atom stereocenters. The maximum atomic E-state index is 13.1. The number of anilines is 2. The van der Waals surface area contributed by atoms with E-state index in [2.05, 4.69) is 15.5 Å². The van der Waals surface area contributed by atoms with Crippen molar-refractivity contribution in [1.29, 1.82) is 0 Å². The number of hydrogen-bond donors (Lipinski definition) is 3. The zero-order valence-corrected chi connectivity index (χ0v) is 9.75. The van der Waals surface area contributed by atoms with Crippen LogP contribution in [-0.4, -0.2) is 16.1 Å². The second-order valence-electron chi connectivity index (χ2n) is 3.85. The average Bonchev–Trinajstić information content (AvgIpc) is 2.76. The highest BCUT2D eigenvalue weighted by molar-refractivity contribution is 6.06. The summed E-state index contributed by atoms with van der Waals surface area (Å²) in [4.78, 5) is 11.7. The van der Waals surface area contributed by atoms with E-state index in [4.69, 9.17) is 5.73 Å². The van der Waals surface area contributed by atoms with Gasteiger partial charge < -0.3 is 11.1 Å². The molecule has 2 aromatic rings. The number of benzene rings is 1. The van der Waals surface area contributed by atoms with E-state index in [0.717, 1.165) is 6.07 Å². The van der Waals surface area contributed by atoms with Crippen LogP contribution in [0.1, 0.15) is 16.1 Å². The Bertz CT molecular complexity index is 650. The third kappa shape index (κ3) is 2.71. The van der Waals surface area contributed by atoms with Gasteiger partial charge in [0.1, 0.15) is 11.5 Å². The first-order chi connectivity index (χ1) is 9.29. The normalized spacial score (nSPS) is 11.4. The van der Waals surface area contributed by atoms with Gasteiger partial charge in [-0.2, -0.15) is 18.3 Å². The number of carbonyl (C=O) groups is 1. The molecule has 0 fully saturated rings. The van der Waals surface area contributed by atoms with Crippen molar-refractivity contribution in [1.82, 2.24) is 10.2 Å². The second kappa shape index (κ2) is 4.83. The molecule has 0 bridgehead atoms. The summed E-state index contributed by atoms with van der Waals surface area (Å²) in [6, 6.07) is 2.13. The fourth-order valence-electron chi connectivity index (χ4n) is 1.49. The molecule has 1 amide bonds. The number of nitrogen functional groups attached to an aromatic ring is 1. The number of H-pyrrole nitrogens is 1.